The molecule has 0 aliphatic carbocycles. The highest BCUT2D eigenvalue weighted by atomic mass is 79.9. The average Bonchev–Trinajstić information content (AvgIpc) is 2.18. The van der Waals surface area contributed by atoms with E-state index in [2.05, 4.69) is 43.3 Å². The zero-order chi connectivity index (χ0) is 6.69. The Labute approximate surface area is 75.5 Å². The topological polar surface area (TPSA) is 0 Å². The highest BCUT2D eigenvalue weighted by Gasteiger charge is 1.97. The molecular weight excluding hydrogens is 264 g/mol. The van der Waals surface area contributed by atoms with E-state index in [4.69, 9.17) is 0 Å². The van der Waals surface area contributed by atoms with Gasteiger partial charge in [-0.2, -0.15) is 0 Å². The van der Waals surface area contributed by atoms with E-state index in [9.17, 15) is 0 Å². The monoisotopic (exact) mass is 268 g/mol. The van der Waals surface area contributed by atoms with Gasteiger partial charge in [-0.05, 0) is 33.8 Å². The summed E-state index contributed by atoms with van der Waals surface area (Å²) < 4.78 is 1.24. The minimum absolute atomic E-state index is 1.05. The summed E-state index contributed by atoms with van der Waals surface area (Å²) in [5.41, 5.74) is 0. The van der Waals surface area contributed by atoms with Gasteiger partial charge in [-0.25, -0.2) is 0 Å². The van der Waals surface area contributed by atoms with Crippen molar-refractivity contribution in [1.82, 2.24) is 0 Å². The Hall–Kier alpha value is 0.660. The van der Waals surface area contributed by atoms with E-state index in [0.29, 0.717) is 0 Å². The van der Waals surface area contributed by atoms with Crippen LogP contribution in [0.3, 0.4) is 0 Å². The molecule has 0 unspecified atom stereocenters. The van der Waals surface area contributed by atoms with Gasteiger partial charge in [0.2, 0.25) is 0 Å². The predicted octanol–water partition coefficient (Wildman–Crippen LogP) is 3.45. The lowest BCUT2D eigenvalue weighted by atomic mass is 10.4. The van der Waals surface area contributed by atoms with Gasteiger partial charge < -0.3 is 0 Å². The number of hydrogen-bond acceptors (Lipinski definition) is 1. The molecule has 0 amide bonds. The van der Waals surface area contributed by atoms with E-state index in [1.165, 1.54) is 9.35 Å². The molecule has 0 aromatic carbocycles. The van der Waals surface area contributed by atoms with Crippen LogP contribution < -0.4 is 0 Å². The van der Waals surface area contributed by atoms with Crippen LogP contribution in [-0.4, -0.2) is 5.33 Å². The third-order valence-corrected chi connectivity index (χ3v) is 3.40. The standard InChI is InChI=1S/C6H6Br2S/c7-3-1-6-5(8)2-4-9-6/h2,4H,1,3H2. The smallest absolute Gasteiger partial charge is 0.0314 e. The van der Waals surface area contributed by atoms with Gasteiger partial charge >= 0.3 is 0 Å². The molecule has 0 aliphatic rings. The molecule has 0 aliphatic heterocycles. The van der Waals surface area contributed by atoms with Gasteiger partial charge in [-0.1, -0.05) is 15.9 Å². The fourth-order valence-electron chi connectivity index (χ4n) is 0.589. The van der Waals surface area contributed by atoms with Gasteiger partial charge in [0.15, 0.2) is 0 Å². The molecule has 0 radical (unpaired) electrons. The number of halogens is 2. The lowest BCUT2D eigenvalue weighted by Crippen LogP contribution is -1.78. The molecule has 0 spiro atoms. The van der Waals surface area contributed by atoms with Crippen molar-refractivity contribution < 1.29 is 0 Å². The fourth-order valence-corrected chi connectivity index (χ4v) is 2.80. The highest BCUT2D eigenvalue weighted by Crippen LogP contribution is 2.23. The van der Waals surface area contributed by atoms with Crippen LogP contribution >= 0.6 is 43.2 Å². The van der Waals surface area contributed by atoms with Crippen LogP contribution in [0.1, 0.15) is 4.88 Å². The van der Waals surface area contributed by atoms with E-state index < -0.39 is 0 Å². The third kappa shape index (κ3) is 2.06. The SMILES string of the molecule is BrCCc1sccc1Br. The zero-order valence-electron chi connectivity index (χ0n) is 4.73. The Kier molecular flexibility index (Phi) is 3.22. The van der Waals surface area contributed by atoms with E-state index in [1.54, 1.807) is 11.3 Å². The van der Waals surface area contributed by atoms with Crippen LogP contribution in [0.4, 0.5) is 0 Å². The quantitative estimate of drug-likeness (QED) is 0.722. The fraction of sp³-hybridized carbons (Fsp3) is 0.333. The van der Waals surface area contributed by atoms with Crippen molar-refractivity contribution >= 4 is 43.2 Å². The second-order valence-electron chi connectivity index (χ2n) is 1.63. The molecule has 0 saturated heterocycles. The molecule has 1 rings (SSSR count). The van der Waals surface area contributed by atoms with Gasteiger partial charge in [0.05, 0.1) is 0 Å². The predicted molar refractivity (Wildman–Crippen MR) is 49.5 cm³/mol. The summed E-state index contributed by atoms with van der Waals surface area (Å²) in [6.07, 6.45) is 1.12. The molecule has 1 heterocycles. The van der Waals surface area contributed by atoms with Crippen LogP contribution in [0, 0.1) is 0 Å². The average molecular weight is 270 g/mol. The Balaban J connectivity index is 2.69. The van der Waals surface area contributed by atoms with Gasteiger partial charge in [0.25, 0.3) is 0 Å². The summed E-state index contributed by atoms with van der Waals surface area (Å²) in [5.74, 6) is 0. The number of rotatable bonds is 2. The van der Waals surface area contributed by atoms with Crippen LogP contribution in [0.15, 0.2) is 15.9 Å². The Morgan fingerprint density at radius 2 is 2.33 bits per heavy atom. The summed E-state index contributed by atoms with van der Waals surface area (Å²) in [4.78, 5) is 1.42. The molecule has 0 saturated carbocycles. The van der Waals surface area contributed by atoms with E-state index >= 15 is 0 Å². The van der Waals surface area contributed by atoms with E-state index in [1.807, 2.05) is 0 Å². The molecule has 0 fully saturated rings. The van der Waals surface area contributed by atoms with Crippen molar-refractivity contribution in [3.8, 4) is 0 Å². The normalized spacial score (nSPS) is 10.0. The lowest BCUT2D eigenvalue weighted by Gasteiger charge is -1.89. The molecule has 0 N–H and O–H groups in total. The highest BCUT2D eigenvalue weighted by molar-refractivity contribution is 9.10. The maximum Gasteiger partial charge on any atom is 0.0314 e. The molecule has 1 aromatic rings. The summed E-state index contributed by atoms with van der Waals surface area (Å²) in [7, 11) is 0. The van der Waals surface area contributed by atoms with Gasteiger partial charge in [-0.15, -0.1) is 11.3 Å². The maximum atomic E-state index is 3.46. The second kappa shape index (κ2) is 3.74. The summed E-state index contributed by atoms with van der Waals surface area (Å²) in [5, 5.41) is 3.15. The Bertz CT molecular complexity index is 183. The first kappa shape index (κ1) is 7.76. The number of thiophene rings is 1. The molecule has 1 aromatic heterocycles. The molecule has 0 bridgehead atoms. The van der Waals surface area contributed by atoms with Crippen molar-refractivity contribution in [1.29, 1.82) is 0 Å². The minimum atomic E-state index is 1.05. The Morgan fingerprint density at radius 3 is 2.78 bits per heavy atom. The summed E-state index contributed by atoms with van der Waals surface area (Å²) >= 11 is 8.64. The number of hydrogen-bond donors (Lipinski definition) is 0. The Morgan fingerprint density at radius 1 is 1.56 bits per heavy atom. The van der Waals surface area contributed by atoms with E-state index in [-0.39, 0.29) is 0 Å². The lowest BCUT2D eigenvalue weighted by molar-refractivity contribution is 1.21. The molecule has 50 valence electrons. The van der Waals surface area contributed by atoms with Crippen molar-refractivity contribution in [2.24, 2.45) is 0 Å². The second-order valence-corrected chi connectivity index (χ2v) is 4.28. The summed E-state index contributed by atoms with van der Waals surface area (Å²) in [6, 6.07) is 2.09. The summed E-state index contributed by atoms with van der Waals surface area (Å²) in [6.45, 7) is 0. The first-order chi connectivity index (χ1) is 4.34. The molecule has 3 heteroatoms. The molecule has 0 atom stereocenters. The largest absolute Gasteiger partial charge is 0.148 e. The van der Waals surface area contributed by atoms with Crippen molar-refractivity contribution in [2.75, 3.05) is 5.33 Å². The van der Waals surface area contributed by atoms with Crippen molar-refractivity contribution in [3.05, 3.63) is 20.8 Å². The maximum absolute atomic E-state index is 3.46. The van der Waals surface area contributed by atoms with Gasteiger partial charge in [0, 0.05) is 14.7 Å². The van der Waals surface area contributed by atoms with Crippen LogP contribution in [0.2, 0.25) is 0 Å². The molecule has 9 heavy (non-hydrogen) atoms. The van der Waals surface area contributed by atoms with Crippen LogP contribution in [-0.2, 0) is 6.42 Å². The third-order valence-electron chi connectivity index (χ3n) is 1.01. The number of alkyl halides is 1. The number of aryl methyl sites for hydroxylation is 1. The van der Waals surface area contributed by atoms with Gasteiger partial charge in [-0.3, -0.25) is 0 Å². The molecular formula is C6H6Br2S. The van der Waals surface area contributed by atoms with Crippen molar-refractivity contribution in [2.45, 2.75) is 6.42 Å². The van der Waals surface area contributed by atoms with Crippen LogP contribution in [0.25, 0.3) is 0 Å². The first-order valence-electron chi connectivity index (χ1n) is 2.62. The van der Waals surface area contributed by atoms with Gasteiger partial charge in [0.1, 0.15) is 0 Å². The van der Waals surface area contributed by atoms with Crippen molar-refractivity contribution in [3.63, 3.8) is 0 Å². The van der Waals surface area contributed by atoms with Crippen LogP contribution in [0.5, 0.6) is 0 Å². The van der Waals surface area contributed by atoms with E-state index in [0.717, 1.165) is 11.8 Å². The minimum Gasteiger partial charge on any atom is -0.148 e. The zero-order valence-corrected chi connectivity index (χ0v) is 8.72. The molecule has 0 nitrogen and oxygen atoms in total. The first-order valence-corrected chi connectivity index (χ1v) is 5.42.